The lowest BCUT2D eigenvalue weighted by Gasteiger charge is -1.98. The van der Waals surface area contributed by atoms with Crippen LogP contribution in [0, 0.1) is 17.0 Å². The van der Waals surface area contributed by atoms with Crippen molar-refractivity contribution in [3.63, 3.8) is 0 Å². The molecule has 6 heteroatoms. The van der Waals surface area contributed by atoms with E-state index in [4.69, 9.17) is 9.47 Å². The van der Waals surface area contributed by atoms with Crippen molar-refractivity contribution >= 4 is 17.4 Å². The number of hydrogen-bond donors (Lipinski definition) is 0. The summed E-state index contributed by atoms with van der Waals surface area (Å²) in [6.45, 7) is 3.29. The Hall–Kier alpha value is -1.56. The van der Waals surface area contributed by atoms with Crippen LogP contribution in [-0.4, -0.2) is 19.1 Å². The third-order valence-electron chi connectivity index (χ3n) is 2.13. The van der Waals surface area contributed by atoms with Crippen molar-refractivity contribution in [3.8, 4) is 10.1 Å². The van der Waals surface area contributed by atoms with Crippen molar-refractivity contribution in [2.24, 2.45) is 0 Å². The van der Waals surface area contributed by atoms with E-state index in [1.54, 1.807) is 7.11 Å². The highest BCUT2D eigenvalue weighted by molar-refractivity contribution is 7.16. The Labute approximate surface area is 97.5 Å². The average molecular weight is 243 g/mol. The molecule has 0 aromatic carbocycles. The van der Waals surface area contributed by atoms with Crippen LogP contribution in [0.4, 0.5) is 0 Å². The maximum atomic E-state index is 10.6. The maximum absolute atomic E-state index is 10.6. The van der Waals surface area contributed by atoms with E-state index in [2.05, 4.69) is 0 Å². The maximum Gasteiger partial charge on any atom is 0.243 e. The smallest absolute Gasteiger partial charge is 0.243 e. The highest BCUT2D eigenvalue weighted by atomic mass is 32.1. The standard InChI is InChI=1S/C10H13NO4S/c1-6(11(12)13)5-8-7(2)9(14-3)16-10(8)15-4/h5H,1-4H3. The van der Waals surface area contributed by atoms with E-state index >= 15 is 0 Å². The molecule has 16 heavy (non-hydrogen) atoms. The Kier molecular flexibility index (Phi) is 3.89. The largest absolute Gasteiger partial charge is 0.487 e. The van der Waals surface area contributed by atoms with Gasteiger partial charge >= 0.3 is 0 Å². The minimum atomic E-state index is -0.428. The molecule has 0 bridgehead atoms. The number of hydrogen-bond acceptors (Lipinski definition) is 5. The predicted molar refractivity (Wildman–Crippen MR) is 62.8 cm³/mol. The van der Waals surface area contributed by atoms with Crippen LogP contribution in [0.5, 0.6) is 10.1 Å². The summed E-state index contributed by atoms with van der Waals surface area (Å²) < 4.78 is 10.3. The van der Waals surface area contributed by atoms with Crippen molar-refractivity contribution < 1.29 is 14.4 Å². The summed E-state index contributed by atoms with van der Waals surface area (Å²) in [5.74, 6) is 0. The van der Waals surface area contributed by atoms with Crippen LogP contribution < -0.4 is 9.47 Å². The minimum Gasteiger partial charge on any atom is -0.487 e. The van der Waals surface area contributed by atoms with Crippen molar-refractivity contribution in [2.75, 3.05) is 14.2 Å². The second-order valence-electron chi connectivity index (χ2n) is 3.17. The third kappa shape index (κ3) is 2.33. The summed E-state index contributed by atoms with van der Waals surface area (Å²) >= 11 is 1.33. The first-order chi connectivity index (χ1) is 7.51. The first-order valence-corrected chi connectivity index (χ1v) is 5.37. The normalized spacial score (nSPS) is 11.4. The van der Waals surface area contributed by atoms with Gasteiger partial charge in [0.25, 0.3) is 0 Å². The zero-order chi connectivity index (χ0) is 12.3. The second-order valence-corrected chi connectivity index (χ2v) is 4.11. The Morgan fingerprint density at radius 1 is 1.38 bits per heavy atom. The Bertz CT molecular complexity index is 436. The molecule has 1 aromatic heterocycles. The molecule has 88 valence electrons. The molecule has 0 spiro atoms. The second kappa shape index (κ2) is 4.98. The number of nitro groups is 1. The fraction of sp³-hybridized carbons (Fsp3) is 0.400. The number of nitrogens with zero attached hydrogens (tertiary/aromatic N) is 1. The Morgan fingerprint density at radius 2 is 1.94 bits per heavy atom. The van der Waals surface area contributed by atoms with Gasteiger partial charge in [0.1, 0.15) is 0 Å². The summed E-state index contributed by atoms with van der Waals surface area (Å²) in [6.07, 6.45) is 1.49. The van der Waals surface area contributed by atoms with Gasteiger partial charge in [-0.05, 0) is 6.92 Å². The SMILES string of the molecule is COc1sc(OC)c(C=C(C)[N+](=O)[O-])c1C. The fourth-order valence-electron chi connectivity index (χ4n) is 1.25. The van der Waals surface area contributed by atoms with E-state index in [1.807, 2.05) is 6.92 Å². The molecule has 1 heterocycles. The third-order valence-corrected chi connectivity index (χ3v) is 3.36. The molecule has 0 unspecified atom stereocenters. The van der Waals surface area contributed by atoms with Gasteiger partial charge in [-0.3, -0.25) is 10.1 Å². The van der Waals surface area contributed by atoms with Gasteiger partial charge in [0.15, 0.2) is 10.1 Å². The summed E-state index contributed by atoms with van der Waals surface area (Å²) in [4.78, 5) is 10.1. The molecule has 0 radical (unpaired) electrons. The van der Waals surface area contributed by atoms with Crippen molar-refractivity contribution in [2.45, 2.75) is 13.8 Å². The van der Waals surface area contributed by atoms with Crippen molar-refractivity contribution in [1.82, 2.24) is 0 Å². The minimum absolute atomic E-state index is 0.0712. The molecule has 1 rings (SSSR count). The fourth-order valence-corrected chi connectivity index (χ4v) is 2.17. The van der Waals surface area contributed by atoms with Gasteiger partial charge in [-0.2, -0.15) is 0 Å². The van der Waals surface area contributed by atoms with E-state index in [9.17, 15) is 10.1 Å². The van der Waals surface area contributed by atoms with Gasteiger partial charge in [0.05, 0.1) is 19.1 Å². The summed E-state index contributed by atoms with van der Waals surface area (Å²) in [5, 5.41) is 11.9. The Balaban J connectivity index is 3.26. The molecule has 0 aliphatic rings. The topological polar surface area (TPSA) is 61.6 Å². The number of methoxy groups -OCH3 is 2. The summed E-state index contributed by atoms with van der Waals surface area (Å²) in [7, 11) is 3.09. The monoisotopic (exact) mass is 243 g/mol. The molecule has 0 fully saturated rings. The first kappa shape index (κ1) is 12.5. The van der Waals surface area contributed by atoms with Gasteiger partial charge in [-0.15, -0.1) is 0 Å². The van der Waals surface area contributed by atoms with Crippen LogP contribution in [0.3, 0.4) is 0 Å². The molecule has 5 nitrogen and oxygen atoms in total. The van der Waals surface area contributed by atoms with E-state index in [0.29, 0.717) is 15.7 Å². The molecule has 0 N–H and O–H groups in total. The number of thiophene rings is 1. The lowest BCUT2D eigenvalue weighted by molar-refractivity contribution is -0.422. The van der Waals surface area contributed by atoms with E-state index in [0.717, 1.165) is 5.56 Å². The highest BCUT2D eigenvalue weighted by Crippen LogP contribution is 2.41. The molecular formula is C10H13NO4S. The molecular weight excluding hydrogens is 230 g/mol. The van der Waals surface area contributed by atoms with Crippen LogP contribution in [-0.2, 0) is 0 Å². The zero-order valence-corrected chi connectivity index (χ0v) is 10.4. The van der Waals surface area contributed by atoms with Gasteiger partial charge in [0, 0.05) is 24.1 Å². The average Bonchev–Trinajstić information content (AvgIpc) is 2.55. The van der Waals surface area contributed by atoms with E-state index in [-0.39, 0.29) is 5.70 Å². The van der Waals surface area contributed by atoms with Gasteiger partial charge in [-0.1, -0.05) is 11.3 Å². The van der Waals surface area contributed by atoms with E-state index in [1.165, 1.54) is 31.4 Å². The van der Waals surface area contributed by atoms with Crippen LogP contribution in [0.25, 0.3) is 6.08 Å². The van der Waals surface area contributed by atoms with Gasteiger partial charge in [-0.25, -0.2) is 0 Å². The van der Waals surface area contributed by atoms with Crippen LogP contribution >= 0.6 is 11.3 Å². The molecule has 0 aliphatic heterocycles. The first-order valence-electron chi connectivity index (χ1n) is 4.55. The summed E-state index contributed by atoms with van der Waals surface area (Å²) in [5.41, 5.74) is 1.63. The van der Waals surface area contributed by atoms with Gasteiger partial charge < -0.3 is 9.47 Å². The van der Waals surface area contributed by atoms with Crippen LogP contribution in [0.15, 0.2) is 5.70 Å². The number of allylic oxidation sites excluding steroid dienone is 1. The number of ether oxygens (including phenoxy) is 2. The zero-order valence-electron chi connectivity index (χ0n) is 9.57. The molecule has 0 amide bonds. The van der Waals surface area contributed by atoms with Crippen molar-refractivity contribution in [3.05, 3.63) is 26.9 Å². The molecule has 0 saturated heterocycles. The lowest BCUT2D eigenvalue weighted by atomic mass is 10.2. The predicted octanol–water partition coefficient (Wildman–Crippen LogP) is 2.71. The number of rotatable bonds is 4. The quantitative estimate of drug-likeness (QED) is 0.602. The summed E-state index contributed by atoms with van der Waals surface area (Å²) in [6, 6.07) is 0. The lowest BCUT2D eigenvalue weighted by Crippen LogP contribution is -1.94. The molecule has 0 aliphatic carbocycles. The van der Waals surface area contributed by atoms with Gasteiger partial charge in [0.2, 0.25) is 5.70 Å². The molecule has 0 saturated carbocycles. The Morgan fingerprint density at radius 3 is 2.38 bits per heavy atom. The van der Waals surface area contributed by atoms with Crippen LogP contribution in [0.1, 0.15) is 18.1 Å². The molecule has 1 aromatic rings. The van der Waals surface area contributed by atoms with E-state index < -0.39 is 4.92 Å². The highest BCUT2D eigenvalue weighted by Gasteiger charge is 2.16. The molecule has 0 atom stereocenters. The van der Waals surface area contributed by atoms with Crippen LogP contribution in [0.2, 0.25) is 0 Å². The van der Waals surface area contributed by atoms with Crippen molar-refractivity contribution in [1.29, 1.82) is 0 Å².